The van der Waals surface area contributed by atoms with Crippen LogP contribution in [0.3, 0.4) is 0 Å². The van der Waals surface area contributed by atoms with Crippen molar-refractivity contribution in [2.45, 2.75) is 31.3 Å². The normalized spacial score (nSPS) is 18.7. The van der Waals surface area contributed by atoms with Crippen molar-refractivity contribution >= 4 is 21.6 Å². The van der Waals surface area contributed by atoms with Crippen LogP contribution in [-0.4, -0.2) is 25.3 Å². The van der Waals surface area contributed by atoms with Crippen LogP contribution in [-0.2, 0) is 22.9 Å². The number of hydrogen-bond acceptors (Lipinski definition) is 3. The van der Waals surface area contributed by atoms with Gasteiger partial charge in [-0.1, -0.05) is 66.2 Å². The summed E-state index contributed by atoms with van der Waals surface area (Å²) in [6.45, 7) is 0. The van der Waals surface area contributed by atoms with Crippen LogP contribution in [0.1, 0.15) is 23.7 Å². The van der Waals surface area contributed by atoms with Gasteiger partial charge in [0.1, 0.15) is 5.02 Å². The third-order valence-electron chi connectivity index (χ3n) is 5.51. The van der Waals surface area contributed by atoms with E-state index in [2.05, 4.69) is 10.8 Å². The van der Waals surface area contributed by atoms with E-state index in [0.717, 1.165) is 28.6 Å². The average molecular weight is 443 g/mol. The first-order valence-corrected chi connectivity index (χ1v) is 12.1. The monoisotopic (exact) mass is 442 g/mol. The van der Waals surface area contributed by atoms with Gasteiger partial charge in [-0.3, -0.25) is 4.79 Å². The molecule has 2 heterocycles. The molecular weight excluding hydrogens is 420 g/mol. The van der Waals surface area contributed by atoms with Gasteiger partial charge in [0.15, 0.2) is 0 Å². The summed E-state index contributed by atoms with van der Waals surface area (Å²) in [5.41, 5.74) is 3.81. The first-order chi connectivity index (χ1) is 14.3. The molecule has 4 rings (SSSR count). The number of benzene rings is 2. The van der Waals surface area contributed by atoms with E-state index in [1.54, 1.807) is 10.6 Å². The second kappa shape index (κ2) is 8.38. The van der Waals surface area contributed by atoms with Crippen LogP contribution in [0.25, 0.3) is 11.1 Å². The second-order valence-electron chi connectivity index (χ2n) is 7.72. The highest BCUT2D eigenvalue weighted by Crippen LogP contribution is 2.29. The third-order valence-corrected chi connectivity index (χ3v) is 6.53. The Balaban J connectivity index is 1.75. The molecule has 1 aromatic heterocycles. The highest BCUT2D eigenvalue weighted by molar-refractivity contribution is 7.88. The van der Waals surface area contributed by atoms with Crippen molar-refractivity contribution < 1.29 is 8.42 Å². The summed E-state index contributed by atoms with van der Waals surface area (Å²) in [4.78, 5) is 12.9. The van der Waals surface area contributed by atoms with E-state index < -0.39 is 10.0 Å². The smallest absolute Gasteiger partial charge is 0.269 e. The van der Waals surface area contributed by atoms with Crippen molar-refractivity contribution in [2.24, 2.45) is 0 Å². The summed E-state index contributed by atoms with van der Waals surface area (Å²) in [7, 11) is -3.42. The molecule has 5 nitrogen and oxygen atoms in total. The summed E-state index contributed by atoms with van der Waals surface area (Å²) < 4.78 is 28.4. The van der Waals surface area contributed by atoms with E-state index in [9.17, 15) is 13.2 Å². The average Bonchev–Trinajstić information content (AvgIpc) is 2.72. The molecule has 1 N–H and O–H groups in total. The van der Waals surface area contributed by atoms with E-state index in [1.807, 2.05) is 54.6 Å². The quantitative estimate of drug-likeness (QED) is 0.653. The number of sulfonamides is 1. The van der Waals surface area contributed by atoms with Gasteiger partial charge < -0.3 is 4.57 Å². The minimum atomic E-state index is -3.42. The van der Waals surface area contributed by atoms with Crippen LogP contribution in [0.2, 0.25) is 5.02 Å². The molecule has 0 radical (unpaired) electrons. The largest absolute Gasteiger partial charge is 0.306 e. The molecule has 156 valence electrons. The maximum absolute atomic E-state index is 12.9. The molecule has 30 heavy (non-hydrogen) atoms. The van der Waals surface area contributed by atoms with Crippen molar-refractivity contribution in [3.63, 3.8) is 0 Å². The van der Waals surface area contributed by atoms with Gasteiger partial charge in [0, 0.05) is 11.7 Å². The van der Waals surface area contributed by atoms with Gasteiger partial charge >= 0.3 is 0 Å². The molecule has 1 aliphatic heterocycles. The predicted octanol–water partition coefficient (Wildman–Crippen LogP) is 3.82. The van der Waals surface area contributed by atoms with Gasteiger partial charge in [0.25, 0.3) is 5.56 Å². The highest BCUT2D eigenvalue weighted by atomic mass is 35.5. The van der Waals surface area contributed by atoms with E-state index in [1.165, 1.54) is 0 Å². The molecule has 2 aromatic carbocycles. The highest BCUT2D eigenvalue weighted by Gasteiger charge is 2.32. The topological polar surface area (TPSA) is 68.2 Å². The molecule has 0 spiro atoms. The standard InChI is InChI=1S/C23H23ClN2O3S/c1-30(28,29)25-21-13-11-19-10-12-20(24)23(27)26(19)22(21)15-16-6-5-9-18(14-16)17-7-3-2-4-8-17/h2-10,12,14,21-22,25H,11,13,15H2,1H3. The zero-order chi connectivity index (χ0) is 21.3. The van der Waals surface area contributed by atoms with Crippen LogP contribution in [0.4, 0.5) is 0 Å². The van der Waals surface area contributed by atoms with Gasteiger partial charge in [-0.15, -0.1) is 0 Å². The minimum absolute atomic E-state index is 0.141. The van der Waals surface area contributed by atoms with Crippen molar-refractivity contribution in [3.8, 4) is 11.1 Å². The number of halogens is 1. The van der Waals surface area contributed by atoms with Crippen LogP contribution in [0.15, 0.2) is 71.5 Å². The number of aromatic nitrogens is 1. The Bertz CT molecular complexity index is 1220. The molecular formula is C23H23ClN2O3S. The van der Waals surface area contributed by atoms with Crippen molar-refractivity contribution in [1.29, 1.82) is 0 Å². The Morgan fingerprint density at radius 3 is 2.50 bits per heavy atom. The third kappa shape index (κ3) is 4.51. The Morgan fingerprint density at radius 2 is 1.77 bits per heavy atom. The summed E-state index contributed by atoms with van der Waals surface area (Å²) in [5.74, 6) is 0. The first-order valence-electron chi connectivity index (χ1n) is 9.83. The molecule has 0 aliphatic carbocycles. The maximum Gasteiger partial charge on any atom is 0.269 e. The molecule has 0 amide bonds. The van der Waals surface area contributed by atoms with E-state index in [4.69, 9.17) is 11.6 Å². The number of nitrogens with one attached hydrogen (secondary N) is 1. The van der Waals surface area contributed by atoms with Gasteiger partial charge in [-0.05, 0) is 48.1 Å². The number of hydrogen-bond donors (Lipinski definition) is 1. The van der Waals surface area contributed by atoms with Crippen molar-refractivity contribution in [3.05, 3.63) is 93.4 Å². The molecule has 0 fully saturated rings. The number of fused-ring (bicyclic) bond motifs is 1. The van der Waals surface area contributed by atoms with Gasteiger partial charge in [0.05, 0.1) is 12.3 Å². The number of nitrogens with zero attached hydrogens (tertiary/aromatic N) is 1. The van der Waals surface area contributed by atoms with E-state index >= 15 is 0 Å². The van der Waals surface area contributed by atoms with E-state index in [0.29, 0.717) is 19.3 Å². The Hall–Kier alpha value is -2.41. The van der Waals surface area contributed by atoms with Crippen molar-refractivity contribution in [1.82, 2.24) is 9.29 Å². The lowest BCUT2D eigenvalue weighted by atomic mass is 9.90. The predicted molar refractivity (Wildman–Crippen MR) is 120 cm³/mol. The summed E-state index contributed by atoms with van der Waals surface area (Å²) in [6, 6.07) is 20.9. The van der Waals surface area contributed by atoms with Crippen molar-refractivity contribution in [2.75, 3.05) is 6.26 Å². The molecule has 0 saturated carbocycles. The first kappa shape index (κ1) is 20.8. The van der Waals surface area contributed by atoms with Gasteiger partial charge in [-0.25, -0.2) is 13.1 Å². The molecule has 1 aliphatic rings. The Kier molecular flexibility index (Phi) is 5.82. The summed E-state index contributed by atoms with van der Waals surface area (Å²) in [6.07, 6.45) is 2.90. The van der Waals surface area contributed by atoms with E-state index in [-0.39, 0.29) is 22.7 Å². The number of aryl methyl sites for hydroxylation is 1. The SMILES string of the molecule is CS(=O)(=O)NC1CCc2ccc(Cl)c(=O)n2C1Cc1cccc(-c2ccccc2)c1. The van der Waals surface area contributed by atoms with Crippen LogP contribution in [0, 0.1) is 0 Å². The Morgan fingerprint density at radius 1 is 1.03 bits per heavy atom. The number of rotatable bonds is 5. The summed E-state index contributed by atoms with van der Waals surface area (Å²) in [5, 5.41) is 0.141. The molecule has 2 unspecified atom stereocenters. The molecule has 0 saturated heterocycles. The lowest BCUT2D eigenvalue weighted by Gasteiger charge is -2.35. The van der Waals surface area contributed by atoms with Crippen LogP contribution < -0.4 is 10.3 Å². The van der Waals surface area contributed by atoms with Gasteiger partial charge in [-0.2, -0.15) is 0 Å². The zero-order valence-electron chi connectivity index (χ0n) is 16.6. The summed E-state index contributed by atoms with van der Waals surface area (Å²) >= 11 is 6.13. The van der Waals surface area contributed by atoms with Crippen LogP contribution >= 0.6 is 11.6 Å². The maximum atomic E-state index is 12.9. The lowest BCUT2D eigenvalue weighted by Crippen LogP contribution is -2.48. The second-order valence-corrected chi connectivity index (χ2v) is 9.91. The minimum Gasteiger partial charge on any atom is -0.306 e. The Labute approximate surface area is 181 Å². The molecule has 3 aromatic rings. The lowest BCUT2D eigenvalue weighted by molar-refractivity contribution is 0.315. The fourth-order valence-corrected chi connectivity index (χ4v) is 5.18. The van der Waals surface area contributed by atoms with Crippen LogP contribution in [0.5, 0.6) is 0 Å². The molecule has 7 heteroatoms. The number of pyridine rings is 1. The molecule has 2 atom stereocenters. The zero-order valence-corrected chi connectivity index (χ0v) is 18.2. The fraction of sp³-hybridized carbons (Fsp3) is 0.261. The molecule has 0 bridgehead atoms. The fourth-order valence-electron chi connectivity index (χ4n) is 4.21. The van der Waals surface area contributed by atoms with Gasteiger partial charge in [0.2, 0.25) is 10.0 Å².